The first-order valence-electron chi connectivity index (χ1n) is 5.01. The molecule has 0 radical (unpaired) electrons. The molecule has 2 heteroatoms. The zero-order valence-electron chi connectivity index (χ0n) is 8.68. The molecule has 14 heavy (non-hydrogen) atoms. The molecule has 0 bridgehead atoms. The molecule has 0 aliphatic carbocycles. The fourth-order valence-corrected chi connectivity index (χ4v) is 2.11. The van der Waals surface area contributed by atoms with Crippen LogP contribution in [-0.4, -0.2) is 9.76 Å². The molecule has 1 rings (SSSR count). The van der Waals surface area contributed by atoms with Crippen molar-refractivity contribution in [1.82, 2.24) is 0 Å². The third-order valence-electron chi connectivity index (χ3n) is 1.71. The number of hydrogen-bond acceptors (Lipinski definition) is 0. The van der Waals surface area contributed by atoms with Crippen molar-refractivity contribution in [2.45, 2.75) is 26.2 Å². The summed E-state index contributed by atoms with van der Waals surface area (Å²) in [5.41, 5.74) is 1.40. The molecule has 0 spiro atoms. The monoisotopic (exact) mass is 368 g/mol. The minimum atomic E-state index is 1.05. The maximum absolute atomic E-state index is 3.39. The van der Waals surface area contributed by atoms with Gasteiger partial charge in [0.15, 0.2) is 0 Å². The Hall–Kier alpha value is 0.430. The highest BCUT2D eigenvalue weighted by molar-refractivity contribution is 14.1. The van der Waals surface area contributed by atoms with Gasteiger partial charge in [-0.15, -0.1) is 0 Å². The van der Waals surface area contributed by atoms with Crippen LogP contribution in [0.25, 0.3) is 0 Å². The van der Waals surface area contributed by atoms with Gasteiger partial charge in [-0.3, -0.25) is 0 Å². The number of unbranched alkanes of at least 4 members (excludes halogenated alkanes) is 1. The summed E-state index contributed by atoms with van der Waals surface area (Å²) in [6.07, 6.45) is 3.84. The Labute approximate surface area is 110 Å². The normalized spacial score (nSPS) is 9.07. The SMILES string of the molecule is BrCCc1ccccc1.CCCCI. The second-order valence-corrected chi connectivity index (χ2v) is 4.84. The van der Waals surface area contributed by atoms with E-state index in [2.05, 4.69) is 69.7 Å². The van der Waals surface area contributed by atoms with E-state index in [1.165, 1.54) is 22.8 Å². The molecule has 80 valence electrons. The molecular formula is C12H18BrI. The highest BCUT2D eigenvalue weighted by Gasteiger charge is 1.85. The number of benzene rings is 1. The van der Waals surface area contributed by atoms with Crippen LogP contribution in [0.2, 0.25) is 0 Å². The summed E-state index contributed by atoms with van der Waals surface area (Å²) in [7, 11) is 0. The second-order valence-electron chi connectivity index (χ2n) is 2.97. The lowest BCUT2D eigenvalue weighted by Crippen LogP contribution is -1.82. The van der Waals surface area contributed by atoms with Crippen molar-refractivity contribution in [2.75, 3.05) is 9.76 Å². The fraction of sp³-hybridized carbons (Fsp3) is 0.500. The number of hydrogen-bond donors (Lipinski definition) is 0. The predicted octanol–water partition coefficient (Wildman–Crippen LogP) is 4.85. The molecular weight excluding hydrogens is 351 g/mol. The molecule has 0 unspecified atom stereocenters. The van der Waals surface area contributed by atoms with Gasteiger partial charge in [0.1, 0.15) is 0 Å². The molecule has 0 heterocycles. The van der Waals surface area contributed by atoms with E-state index in [0.29, 0.717) is 0 Å². The third kappa shape index (κ3) is 9.00. The average molecular weight is 369 g/mol. The average Bonchev–Trinajstić information content (AvgIpc) is 2.22. The zero-order chi connectivity index (χ0) is 10.6. The van der Waals surface area contributed by atoms with Crippen LogP contribution in [-0.2, 0) is 6.42 Å². The van der Waals surface area contributed by atoms with E-state index in [0.717, 1.165) is 11.8 Å². The van der Waals surface area contributed by atoms with Crippen LogP contribution < -0.4 is 0 Å². The number of halogens is 2. The first-order chi connectivity index (χ1) is 6.85. The van der Waals surface area contributed by atoms with Gasteiger partial charge < -0.3 is 0 Å². The van der Waals surface area contributed by atoms with Gasteiger partial charge in [-0.25, -0.2) is 0 Å². The summed E-state index contributed by atoms with van der Waals surface area (Å²) in [4.78, 5) is 0. The molecule has 0 aromatic heterocycles. The molecule has 0 atom stereocenters. The highest BCUT2D eigenvalue weighted by atomic mass is 127. The Morgan fingerprint density at radius 3 is 2.21 bits per heavy atom. The first-order valence-corrected chi connectivity index (χ1v) is 7.65. The summed E-state index contributed by atoms with van der Waals surface area (Å²) in [6.45, 7) is 2.21. The van der Waals surface area contributed by atoms with Gasteiger partial charge >= 0.3 is 0 Å². The predicted molar refractivity (Wildman–Crippen MR) is 77.7 cm³/mol. The molecule has 0 saturated carbocycles. The van der Waals surface area contributed by atoms with Crippen LogP contribution in [0.5, 0.6) is 0 Å². The van der Waals surface area contributed by atoms with Crippen LogP contribution in [0.3, 0.4) is 0 Å². The van der Waals surface area contributed by atoms with Crippen molar-refractivity contribution in [3.63, 3.8) is 0 Å². The second kappa shape index (κ2) is 11.5. The van der Waals surface area contributed by atoms with E-state index in [4.69, 9.17) is 0 Å². The summed E-state index contributed by atoms with van der Waals surface area (Å²) < 4.78 is 1.31. The van der Waals surface area contributed by atoms with E-state index in [-0.39, 0.29) is 0 Å². The minimum Gasteiger partial charge on any atom is -0.0924 e. The van der Waals surface area contributed by atoms with Crippen molar-refractivity contribution >= 4 is 38.5 Å². The van der Waals surface area contributed by atoms with Gasteiger partial charge in [0.05, 0.1) is 0 Å². The number of rotatable bonds is 4. The van der Waals surface area contributed by atoms with E-state index in [1.54, 1.807) is 0 Å². The van der Waals surface area contributed by atoms with Crippen molar-refractivity contribution < 1.29 is 0 Å². The van der Waals surface area contributed by atoms with Crippen LogP contribution in [0.15, 0.2) is 30.3 Å². The van der Waals surface area contributed by atoms with Gasteiger partial charge in [0, 0.05) is 5.33 Å². The molecule has 1 aromatic rings. The minimum absolute atomic E-state index is 1.05. The lowest BCUT2D eigenvalue weighted by atomic mass is 10.2. The lowest BCUT2D eigenvalue weighted by Gasteiger charge is -1.92. The van der Waals surface area contributed by atoms with Crippen molar-refractivity contribution in [3.8, 4) is 0 Å². The molecule has 0 saturated heterocycles. The van der Waals surface area contributed by atoms with Crippen LogP contribution >= 0.6 is 38.5 Å². The summed E-state index contributed by atoms with van der Waals surface area (Å²) in [5.74, 6) is 0. The van der Waals surface area contributed by atoms with Crippen molar-refractivity contribution in [3.05, 3.63) is 35.9 Å². The van der Waals surface area contributed by atoms with Gasteiger partial charge in [0.25, 0.3) is 0 Å². The number of aryl methyl sites for hydroxylation is 1. The topological polar surface area (TPSA) is 0 Å². The lowest BCUT2D eigenvalue weighted by molar-refractivity contribution is 0.907. The molecule has 0 nitrogen and oxygen atoms in total. The Bertz CT molecular complexity index is 197. The van der Waals surface area contributed by atoms with Crippen LogP contribution in [0.4, 0.5) is 0 Å². The Kier molecular flexibility index (Phi) is 11.9. The molecule has 1 aromatic carbocycles. The van der Waals surface area contributed by atoms with Gasteiger partial charge in [-0.2, -0.15) is 0 Å². The Morgan fingerprint density at radius 1 is 1.21 bits per heavy atom. The summed E-state index contributed by atoms with van der Waals surface area (Å²) >= 11 is 5.77. The van der Waals surface area contributed by atoms with Gasteiger partial charge in [-0.1, -0.05) is 82.2 Å². The maximum atomic E-state index is 3.39. The summed E-state index contributed by atoms with van der Waals surface area (Å²) in [5, 5.41) is 1.05. The van der Waals surface area contributed by atoms with E-state index >= 15 is 0 Å². The fourth-order valence-electron chi connectivity index (χ4n) is 0.887. The van der Waals surface area contributed by atoms with Crippen molar-refractivity contribution in [2.24, 2.45) is 0 Å². The Morgan fingerprint density at radius 2 is 1.86 bits per heavy atom. The smallest absolute Gasteiger partial charge is 0.00718 e. The largest absolute Gasteiger partial charge is 0.0924 e. The summed E-state index contributed by atoms with van der Waals surface area (Å²) in [6, 6.07) is 10.5. The van der Waals surface area contributed by atoms with Crippen LogP contribution in [0.1, 0.15) is 25.3 Å². The molecule has 0 N–H and O–H groups in total. The maximum Gasteiger partial charge on any atom is 0.00718 e. The molecule has 0 aliphatic heterocycles. The highest BCUT2D eigenvalue weighted by Crippen LogP contribution is 2.00. The van der Waals surface area contributed by atoms with Gasteiger partial charge in [0.2, 0.25) is 0 Å². The quantitative estimate of drug-likeness (QED) is 0.526. The zero-order valence-corrected chi connectivity index (χ0v) is 12.4. The van der Waals surface area contributed by atoms with E-state index < -0.39 is 0 Å². The molecule has 0 fully saturated rings. The standard InChI is InChI=1S/C8H9Br.C4H9I/c9-7-6-8-4-2-1-3-5-8;1-2-3-4-5/h1-5H,6-7H2;2-4H2,1H3. The molecule has 0 aliphatic rings. The molecule has 0 amide bonds. The first kappa shape index (κ1) is 14.4. The van der Waals surface area contributed by atoms with Crippen LogP contribution in [0, 0.1) is 0 Å². The van der Waals surface area contributed by atoms with Crippen molar-refractivity contribution in [1.29, 1.82) is 0 Å². The number of alkyl halides is 2. The van der Waals surface area contributed by atoms with E-state index in [9.17, 15) is 0 Å². The van der Waals surface area contributed by atoms with Gasteiger partial charge in [-0.05, 0) is 22.8 Å². The Balaban J connectivity index is 0.000000292. The van der Waals surface area contributed by atoms with E-state index in [1.807, 2.05) is 6.07 Å². The third-order valence-corrected chi connectivity index (χ3v) is 2.87.